The van der Waals surface area contributed by atoms with Gasteiger partial charge in [-0.25, -0.2) is 0 Å². The number of nitrogens with zero attached hydrogens (tertiary/aromatic N) is 1. The van der Waals surface area contributed by atoms with Crippen molar-refractivity contribution in [2.24, 2.45) is 0 Å². The van der Waals surface area contributed by atoms with E-state index in [0.717, 1.165) is 45.9 Å². The molecule has 1 N–H and O–H groups in total. The van der Waals surface area contributed by atoms with E-state index in [4.69, 9.17) is 4.74 Å². The summed E-state index contributed by atoms with van der Waals surface area (Å²) in [5.41, 5.74) is 1.54. The fraction of sp³-hybridized carbons (Fsp3) is 0.778. The van der Waals surface area contributed by atoms with Gasteiger partial charge in [-0.2, -0.15) is 0 Å². The number of hydrogen-bond donors (Lipinski definition) is 1. The number of nitrogens with one attached hydrogen (secondary N) is 1. The zero-order valence-corrected chi connectivity index (χ0v) is 7.38. The highest BCUT2D eigenvalue weighted by molar-refractivity contribution is 5.12. The lowest BCUT2D eigenvalue weighted by molar-refractivity contribution is 0.0422. The molecule has 2 rings (SSSR count). The molecule has 3 nitrogen and oxygen atoms in total. The average molecular weight is 168 g/mol. The molecule has 1 saturated heterocycles. The normalized spacial score (nSPS) is 25.8. The third-order valence-corrected chi connectivity index (χ3v) is 2.42. The van der Waals surface area contributed by atoms with Gasteiger partial charge < -0.3 is 10.1 Å². The van der Waals surface area contributed by atoms with Gasteiger partial charge in [-0.15, -0.1) is 0 Å². The second-order valence-electron chi connectivity index (χ2n) is 3.38. The summed E-state index contributed by atoms with van der Waals surface area (Å²) < 4.78 is 5.29. The molecule has 1 fully saturated rings. The Balaban J connectivity index is 1.77. The van der Waals surface area contributed by atoms with Gasteiger partial charge in [-0.1, -0.05) is 6.08 Å². The fourth-order valence-electron chi connectivity index (χ4n) is 1.69. The maximum Gasteiger partial charge on any atom is 0.0594 e. The molecule has 0 radical (unpaired) electrons. The van der Waals surface area contributed by atoms with E-state index in [2.05, 4.69) is 16.3 Å². The van der Waals surface area contributed by atoms with E-state index in [-0.39, 0.29) is 0 Å². The monoisotopic (exact) mass is 168 g/mol. The van der Waals surface area contributed by atoms with Gasteiger partial charge in [0.25, 0.3) is 0 Å². The molecule has 0 aromatic heterocycles. The van der Waals surface area contributed by atoms with E-state index < -0.39 is 0 Å². The highest BCUT2D eigenvalue weighted by atomic mass is 16.5. The van der Waals surface area contributed by atoms with Crippen LogP contribution in [0.15, 0.2) is 11.6 Å². The molecule has 0 atom stereocenters. The first-order chi connectivity index (χ1) is 5.95. The molecule has 0 aromatic rings. The number of morpholine rings is 1. The number of hydrogen-bond acceptors (Lipinski definition) is 3. The molecule has 0 aliphatic carbocycles. The summed E-state index contributed by atoms with van der Waals surface area (Å²) >= 11 is 0. The second-order valence-corrected chi connectivity index (χ2v) is 3.38. The maximum absolute atomic E-state index is 5.29. The Morgan fingerprint density at radius 3 is 2.92 bits per heavy atom. The predicted octanol–water partition coefficient (Wildman–Crippen LogP) is -0.152. The van der Waals surface area contributed by atoms with Gasteiger partial charge in [0.2, 0.25) is 0 Å². The Kier molecular flexibility index (Phi) is 2.76. The zero-order chi connectivity index (χ0) is 8.23. The lowest BCUT2D eigenvalue weighted by Crippen LogP contribution is -2.37. The van der Waals surface area contributed by atoms with Gasteiger partial charge in [0.15, 0.2) is 0 Å². The molecular weight excluding hydrogens is 152 g/mol. The largest absolute Gasteiger partial charge is 0.379 e. The fourth-order valence-corrected chi connectivity index (χ4v) is 1.69. The molecule has 0 bridgehead atoms. The Morgan fingerprint density at radius 2 is 2.25 bits per heavy atom. The first kappa shape index (κ1) is 8.23. The topological polar surface area (TPSA) is 24.5 Å². The summed E-state index contributed by atoms with van der Waals surface area (Å²) in [6, 6.07) is 0. The molecule has 0 saturated carbocycles. The van der Waals surface area contributed by atoms with Crippen LogP contribution in [0, 0.1) is 0 Å². The van der Waals surface area contributed by atoms with E-state index in [0.29, 0.717) is 0 Å². The van der Waals surface area contributed by atoms with Crippen LogP contribution in [0.2, 0.25) is 0 Å². The molecule has 2 heterocycles. The van der Waals surface area contributed by atoms with Crippen LogP contribution in [-0.2, 0) is 4.74 Å². The summed E-state index contributed by atoms with van der Waals surface area (Å²) in [5.74, 6) is 0. The Morgan fingerprint density at radius 1 is 1.42 bits per heavy atom. The molecular formula is C9H16N2O. The lowest BCUT2D eigenvalue weighted by atomic mass is 10.2. The van der Waals surface area contributed by atoms with Crippen LogP contribution in [0.1, 0.15) is 0 Å². The van der Waals surface area contributed by atoms with Gasteiger partial charge in [0, 0.05) is 32.7 Å². The highest BCUT2D eigenvalue weighted by Crippen LogP contribution is 2.04. The third kappa shape index (κ3) is 2.06. The second kappa shape index (κ2) is 4.03. The van der Waals surface area contributed by atoms with Crippen molar-refractivity contribution in [3.05, 3.63) is 11.6 Å². The first-order valence-corrected chi connectivity index (χ1v) is 4.64. The lowest BCUT2D eigenvalue weighted by Gasteiger charge is -2.26. The van der Waals surface area contributed by atoms with Crippen molar-refractivity contribution in [1.82, 2.24) is 10.2 Å². The van der Waals surface area contributed by atoms with Crippen molar-refractivity contribution in [2.45, 2.75) is 0 Å². The third-order valence-electron chi connectivity index (χ3n) is 2.42. The molecule has 0 aromatic carbocycles. The van der Waals surface area contributed by atoms with E-state index in [1.165, 1.54) is 5.57 Å². The van der Waals surface area contributed by atoms with E-state index in [1.54, 1.807) is 0 Å². The summed E-state index contributed by atoms with van der Waals surface area (Å²) in [7, 11) is 0. The smallest absolute Gasteiger partial charge is 0.0594 e. The average Bonchev–Trinajstić information content (AvgIpc) is 2.59. The molecule has 68 valence electrons. The standard InChI is InChI=1S/C9H16N2O/c1-2-10-7-9(1)8-11-3-5-12-6-4-11/h1,10H,2-8H2. The van der Waals surface area contributed by atoms with Gasteiger partial charge in [-0.05, 0) is 5.57 Å². The van der Waals surface area contributed by atoms with Crippen molar-refractivity contribution >= 4 is 0 Å². The van der Waals surface area contributed by atoms with Crippen molar-refractivity contribution in [2.75, 3.05) is 45.9 Å². The summed E-state index contributed by atoms with van der Waals surface area (Å²) in [6.45, 7) is 7.27. The van der Waals surface area contributed by atoms with Crippen molar-refractivity contribution in [3.63, 3.8) is 0 Å². The SMILES string of the molecule is C1=C(CN2CCOCC2)CNC1. The van der Waals surface area contributed by atoms with Crippen LogP contribution in [0.25, 0.3) is 0 Å². The van der Waals surface area contributed by atoms with Crippen LogP contribution >= 0.6 is 0 Å². The summed E-state index contributed by atoms with van der Waals surface area (Å²) in [6.07, 6.45) is 2.30. The Hall–Kier alpha value is -0.380. The zero-order valence-electron chi connectivity index (χ0n) is 7.38. The molecule has 0 unspecified atom stereocenters. The maximum atomic E-state index is 5.29. The van der Waals surface area contributed by atoms with Crippen LogP contribution in [-0.4, -0.2) is 50.8 Å². The predicted molar refractivity (Wildman–Crippen MR) is 48.2 cm³/mol. The Bertz CT molecular complexity index is 173. The van der Waals surface area contributed by atoms with E-state index in [1.807, 2.05) is 0 Å². The van der Waals surface area contributed by atoms with Gasteiger partial charge >= 0.3 is 0 Å². The van der Waals surface area contributed by atoms with E-state index in [9.17, 15) is 0 Å². The summed E-state index contributed by atoms with van der Waals surface area (Å²) in [4.78, 5) is 2.46. The number of rotatable bonds is 2. The summed E-state index contributed by atoms with van der Waals surface area (Å²) in [5, 5.41) is 3.31. The van der Waals surface area contributed by atoms with Gasteiger partial charge in [0.05, 0.1) is 13.2 Å². The minimum atomic E-state index is 0.903. The van der Waals surface area contributed by atoms with Crippen LogP contribution < -0.4 is 5.32 Å². The first-order valence-electron chi connectivity index (χ1n) is 4.64. The molecule has 12 heavy (non-hydrogen) atoms. The molecule has 3 heteroatoms. The van der Waals surface area contributed by atoms with Gasteiger partial charge in [-0.3, -0.25) is 4.90 Å². The minimum Gasteiger partial charge on any atom is -0.379 e. The Labute approximate surface area is 73.4 Å². The van der Waals surface area contributed by atoms with E-state index >= 15 is 0 Å². The van der Waals surface area contributed by atoms with Crippen LogP contribution in [0.3, 0.4) is 0 Å². The van der Waals surface area contributed by atoms with Crippen molar-refractivity contribution in [1.29, 1.82) is 0 Å². The molecule has 0 amide bonds. The molecule has 0 spiro atoms. The van der Waals surface area contributed by atoms with Crippen molar-refractivity contribution < 1.29 is 4.74 Å². The van der Waals surface area contributed by atoms with Crippen LogP contribution in [0.5, 0.6) is 0 Å². The van der Waals surface area contributed by atoms with Crippen LogP contribution in [0.4, 0.5) is 0 Å². The van der Waals surface area contributed by atoms with Crippen molar-refractivity contribution in [3.8, 4) is 0 Å². The highest BCUT2D eigenvalue weighted by Gasteiger charge is 2.12. The molecule has 2 aliphatic heterocycles. The number of ether oxygens (including phenoxy) is 1. The molecule has 2 aliphatic rings. The minimum absolute atomic E-state index is 0.903. The quantitative estimate of drug-likeness (QED) is 0.580. The van der Waals surface area contributed by atoms with Gasteiger partial charge in [0.1, 0.15) is 0 Å².